The molecular weight excluding hydrogens is 707 g/mol. The van der Waals surface area contributed by atoms with Crippen molar-refractivity contribution in [2.45, 2.75) is 38.7 Å². The summed E-state index contributed by atoms with van der Waals surface area (Å²) in [7, 11) is 1.65. The molecule has 1 saturated heterocycles. The molecule has 0 spiro atoms. The van der Waals surface area contributed by atoms with E-state index in [-0.39, 0.29) is 44.5 Å². The van der Waals surface area contributed by atoms with Gasteiger partial charge in [-0.3, -0.25) is 14.4 Å². The molecule has 1 heterocycles. The van der Waals surface area contributed by atoms with Crippen molar-refractivity contribution < 1.29 is 32.3 Å². The van der Waals surface area contributed by atoms with Gasteiger partial charge in [0.2, 0.25) is 17.7 Å². The van der Waals surface area contributed by atoms with Crippen LogP contribution in [0.1, 0.15) is 40.3 Å². The normalized spacial score (nSPS) is 13.7. The molecule has 0 aliphatic carbocycles. The van der Waals surface area contributed by atoms with Crippen LogP contribution in [0, 0.1) is 11.3 Å². The Hall–Kier alpha value is -5.93. The van der Waals surface area contributed by atoms with Crippen molar-refractivity contribution >= 4 is 29.5 Å². The Labute approximate surface area is 319 Å². The number of hydrogen-bond donors (Lipinski definition) is 0. The number of carbonyl (C=O) groups is 3. The number of alkyl halides is 3. The highest BCUT2D eigenvalue weighted by Gasteiger charge is 2.32. The fourth-order valence-electron chi connectivity index (χ4n) is 6.33. The Morgan fingerprint density at radius 1 is 0.873 bits per heavy atom. The summed E-state index contributed by atoms with van der Waals surface area (Å²) in [5.74, 6) is -0.747. The highest BCUT2D eigenvalue weighted by atomic mass is 19.4. The van der Waals surface area contributed by atoms with Crippen molar-refractivity contribution in [3.05, 3.63) is 143 Å². The van der Waals surface area contributed by atoms with Gasteiger partial charge in [0.05, 0.1) is 30.4 Å². The van der Waals surface area contributed by atoms with Crippen LogP contribution in [0.15, 0.2) is 109 Å². The first-order chi connectivity index (χ1) is 26.4. The fourth-order valence-corrected chi connectivity index (χ4v) is 6.33. The van der Waals surface area contributed by atoms with Crippen molar-refractivity contribution in [2.75, 3.05) is 51.3 Å². The van der Waals surface area contributed by atoms with Gasteiger partial charge in [0.25, 0.3) is 0 Å². The molecule has 0 saturated carbocycles. The fraction of sp³-hybridized carbons (Fsp3) is 0.302. The van der Waals surface area contributed by atoms with E-state index in [1.807, 2.05) is 65.6 Å². The van der Waals surface area contributed by atoms with E-state index in [0.29, 0.717) is 37.3 Å². The average Bonchev–Trinajstić information content (AvgIpc) is 3.20. The molecule has 1 aliphatic heterocycles. The molecule has 1 aliphatic rings. The minimum absolute atomic E-state index is 0.0483. The van der Waals surface area contributed by atoms with Gasteiger partial charge in [0.15, 0.2) is 0 Å². The number of piperazine rings is 1. The molecule has 1 unspecified atom stereocenters. The van der Waals surface area contributed by atoms with Crippen LogP contribution in [-0.2, 0) is 44.9 Å². The lowest BCUT2D eigenvalue weighted by Crippen LogP contribution is -2.51. The molecule has 4 aromatic rings. The monoisotopic (exact) mass is 751 g/mol. The number of nitriles is 1. The Bertz CT molecular complexity index is 1970. The highest BCUT2D eigenvalue weighted by molar-refractivity contribution is 5.95. The van der Waals surface area contributed by atoms with E-state index < -0.39 is 23.7 Å². The van der Waals surface area contributed by atoms with Crippen molar-refractivity contribution in [2.24, 2.45) is 0 Å². The van der Waals surface area contributed by atoms with Crippen LogP contribution >= 0.6 is 0 Å². The zero-order chi connectivity index (χ0) is 39.4. The second-order valence-electron chi connectivity index (χ2n) is 13.4. The summed E-state index contributed by atoms with van der Waals surface area (Å²) in [5, 5.41) is 9.20. The van der Waals surface area contributed by atoms with Crippen LogP contribution in [0.3, 0.4) is 0 Å². The Balaban J connectivity index is 1.38. The second kappa shape index (κ2) is 18.9. The number of anilines is 1. The zero-order valence-electron chi connectivity index (χ0n) is 30.9. The third kappa shape index (κ3) is 11.5. The largest absolute Gasteiger partial charge is 0.416 e. The van der Waals surface area contributed by atoms with Crippen LogP contribution in [0.5, 0.6) is 0 Å². The summed E-state index contributed by atoms with van der Waals surface area (Å²) in [6.45, 7) is 4.97. The Morgan fingerprint density at radius 3 is 2.18 bits per heavy atom. The van der Waals surface area contributed by atoms with Gasteiger partial charge >= 0.3 is 6.18 Å². The quantitative estimate of drug-likeness (QED) is 0.107. The van der Waals surface area contributed by atoms with E-state index in [2.05, 4.69) is 11.0 Å². The van der Waals surface area contributed by atoms with Gasteiger partial charge in [0.1, 0.15) is 6.04 Å². The molecule has 0 N–H and O–H groups in total. The van der Waals surface area contributed by atoms with E-state index >= 15 is 0 Å². The molecule has 9 nitrogen and oxygen atoms in total. The standard InChI is InChI=1S/C43H44F3N5O4/c1-32(52)49-21-23-50(24-22-49)39-18-13-35(14-19-39)30-51(41(53)20-15-33-11-16-38(17-12-33)43(44,45)46)40(28-34-7-4-3-5-8-34)42(54)48(2)25-26-55-31-37-10-6-9-36(27-37)29-47/h3-20,27,40H,21-26,28,30-31H2,1-2H3. The molecule has 1 fully saturated rings. The molecule has 0 radical (unpaired) electrons. The molecule has 286 valence electrons. The summed E-state index contributed by atoms with van der Waals surface area (Å²) in [5.41, 5.74) is 3.55. The van der Waals surface area contributed by atoms with E-state index in [4.69, 9.17) is 4.74 Å². The smallest absolute Gasteiger partial charge is 0.375 e. The highest BCUT2D eigenvalue weighted by Crippen LogP contribution is 2.29. The number of halogens is 3. The van der Waals surface area contributed by atoms with Gasteiger partial charge in [-0.1, -0.05) is 66.7 Å². The molecule has 3 amide bonds. The summed E-state index contributed by atoms with van der Waals surface area (Å²) in [6.07, 6.45) is -1.54. The van der Waals surface area contributed by atoms with Crippen molar-refractivity contribution in [3.63, 3.8) is 0 Å². The Morgan fingerprint density at radius 2 is 1.55 bits per heavy atom. The number of nitrogens with zero attached hydrogens (tertiary/aromatic N) is 5. The van der Waals surface area contributed by atoms with E-state index in [1.54, 1.807) is 32.2 Å². The number of rotatable bonds is 14. The zero-order valence-corrected chi connectivity index (χ0v) is 30.9. The van der Waals surface area contributed by atoms with Crippen LogP contribution in [0.4, 0.5) is 18.9 Å². The maximum absolute atomic E-state index is 14.3. The lowest BCUT2D eigenvalue weighted by molar-refractivity contribution is -0.143. The number of ether oxygens (including phenoxy) is 1. The third-order valence-corrected chi connectivity index (χ3v) is 9.52. The van der Waals surface area contributed by atoms with E-state index in [9.17, 15) is 32.8 Å². The minimum atomic E-state index is -4.49. The van der Waals surface area contributed by atoms with Crippen LogP contribution < -0.4 is 4.90 Å². The van der Waals surface area contributed by atoms with Crippen molar-refractivity contribution in [3.8, 4) is 6.07 Å². The van der Waals surface area contributed by atoms with Crippen molar-refractivity contribution in [1.29, 1.82) is 5.26 Å². The minimum Gasteiger partial charge on any atom is -0.375 e. The first-order valence-corrected chi connectivity index (χ1v) is 18.0. The first-order valence-electron chi connectivity index (χ1n) is 18.0. The van der Waals surface area contributed by atoms with Gasteiger partial charge in [-0.05, 0) is 64.7 Å². The van der Waals surface area contributed by atoms with Crippen molar-refractivity contribution in [1.82, 2.24) is 14.7 Å². The van der Waals surface area contributed by atoms with Crippen LogP contribution in [-0.4, -0.2) is 84.8 Å². The first kappa shape index (κ1) is 40.3. The number of carbonyl (C=O) groups excluding carboxylic acids is 3. The predicted molar refractivity (Wildman–Crippen MR) is 204 cm³/mol. The second-order valence-corrected chi connectivity index (χ2v) is 13.4. The molecule has 1 atom stereocenters. The molecular formula is C43H44F3N5O4. The third-order valence-electron chi connectivity index (χ3n) is 9.52. The molecule has 5 rings (SSSR count). The molecule has 0 aromatic heterocycles. The lowest BCUT2D eigenvalue weighted by atomic mass is 10.0. The maximum Gasteiger partial charge on any atom is 0.416 e. The molecule has 12 heteroatoms. The van der Waals surface area contributed by atoms with Gasteiger partial charge in [-0.25, -0.2) is 0 Å². The summed E-state index contributed by atoms with van der Waals surface area (Å²) < 4.78 is 45.4. The SMILES string of the molecule is CC(=O)N1CCN(c2ccc(CN(C(=O)C=Cc3ccc(C(F)(F)F)cc3)C(Cc3ccccc3)C(=O)N(C)CCOCc3cccc(C#N)c3)cc2)CC1. The molecule has 4 aromatic carbocycles. The number of benzene rings is 4. The van der Waals surface area contributed by atoms with Gasteiger partial charge in [-0.2, -0.15) is 18.4 Å². The van der Waals surface area contributed by atoms with Crippen LogP contribution in [0.25, 0.3) is 6.08 Å². The van der Waals surface area contributed by atoms with E-state index in [0.717, 1.165) is 34.5 Å². The topological polar surface area (TPSA) is 97.2 Å². The molecule has 55 heavy (non-hydrogen) atoms. The lowest BCUT2D eigenvalue weighted by Gasteiger charge is -2.36. The number of amides is 3. The Kier molecular flexibility index (Phi) is 13.8. The summed E-state index contributed by atoms with van der Waals surface area (Å²) in [6, 6.07) is 29.9. The van der Waals surface area contributed by atoms with Gasteiger partial charge < -0.3 is 24.3 Å². The number of hydrogen-bond acceptors (Lipinski definition) is 6. The van der Waals surface area contributed by atoms with E-state index in [1.165, 1.54) is 34.1 Å². The number of likely N-dealkylation sites (N-methyl/N-ethyl adjacent to an activating group) is 1. The summed E-state index contributed by atoms with van der Waals surface area (Å²) >= 11 is 0. The van der Waals surface area contributed by atoms with Crippen LogP contribution in [0.2, 0.25) is 0 Å². The predicted octanol–water partition coefficient (Wildman–Crippen LogP) is 6.57. The average molecular weight is 752 g/mol. The molecule has 0 bridgehead atoms. The van der Waals surface area contributed by atoms with Gasteiger partial charge in [0, 0.05) is 71.4 Å². The summed E-state index contributed by atoms with van der Waals surface area (Å²) in [4.78, 5) is 47.4. The van der Waals surface area contributed by atoms with Gasteiger partial charge in [-0.15, -0.1) is 0 Å². The maximum atomic E-state index is 14.3.